The molecular formula is C22H29N5O5S4. The van der Waals surface area contributed by atoms with Gasteiger partial charge < -0.3 is 14.4 Å². The van der Waals surface area contributed by atoms with Gasteiger partial charge in [0.25, 0.3) is 0 Å². The Balaban J connectivity index is 0.00000176. The molecule has 2 aromatic heterocycles. The lowest BCUT2D eigenvalue weighted by molar-refractivity contribution is 0.0511. The summed E-state index contributed by atoms with van der Waals surface area (Å²) in [5.41, 5.74) is 0.969. The Labute approximate surface area is 226 Å². The molecule has 0 radical (unpaired) electrons. The van der Waals surface area contributed by atoms with Crippen molar-refractivity contribution < 1.29 is 22.7 Å². The van der Waals surface area contributed by atoms with E-state index in [9.17, 15) is 13.2 Å². The fourth-order valence-electron chi connectivity index (χ4n) is 3.68. The van der Waals surface area contributed by atoms with E-state index in [4.69, 9.17) is 9.47 Å². The van der Waals surface area contributed by atoms with Crippen LogP contribution in [0.1, 0.15) is 26.7 Å². The number of hydrogen-bond donors (Lipinski definition) is 3. The fourth-order valence-corrected chi connectivity index (χ4v) is 5.32. The maximum atomic E-state index is 12.1. The van der Waals surface area contributed by atoms with Gasteiger partial charge in [-0.15, -0.1) is 25.3 Å². The molecule has 14 heteroatoms. The molecule has 0 bridgehead atoms. The molecule has 0 aliphatic carbocycles. The van der Waals surface area contributed by atoms with Crippen LogP contribution >= 0.6 is 37.9 Å². The fraction of sp³-hybridized carbons (Fsp3) is 0.455. The van der Waals surface area contributed by atoms with E-state index in [-0.39, 0.29) is 23.2 Å². The number of aromatic nitrogens is 4. The molecule has 1 aliphatic rings. The average Bonchev–Trinajstić information content (AvgIpc) is 3.24. The van der Waals surface area contributed by atoms with Crippen LogP contribution in [-0.2, 0) is 14.6 Å². The number of rotatable bonds is 5. The van der Waals surface area contributed by atoms with E-state index in [2.05, 4.69) is 53.0 Å². The summed E-state index contributed by atoms with van der Waals surface area (Å²) in [5.74, 6) is 0.383. The van der Waals surface area contributed by atoms with Gasteiger partial charge in [-0.2, -0.15) is 17.7 Å². The summed E-state index contributed by atoms with van der Waals surface area (Å²) < 4.78 is 36.8. The van der Waals surface area contributed by atoms with Crippen molar-refractivity contribution in [3.8, 4) is 11.6 Å². The first-order valence-corrected chi connectivity index (χ1v) is 14.7. The molecule has 0 atom stereocenters. The highest BCUT2D eigenvalue weighted by atomic mass is 32.2. The van der Waals surface area contributed by atoms with Gasteiger partial charge in [0.05, 0.1) is 22.9 Å². The minimum absolute atomic E-state index is 0.116. The molecule has 1 aliphatic heterocycles. The van der Waals surface area contributed by atoms with Crippen LogP contribution < -0.4 is 4.74 Å². The third-order valence-corrected chi connectivity index (χ3v) is 7.10. The van der Waals surface area contributed by atoms with Gasteiger partial charge in [0.2, 0.25) is 5.88 Å². The van der Waals surface area contributed by atoms with Crippen LogP contribution in [0.2, 0.25) is 0 Å². The van der Waals surface area contributed by atoms with E-state index >= 15 is 0 Å². The van der Waals surface area contributed by atoms with Gasteiger partial charge in [-0.1, -0.05) is 0 Å². The second-order valence-electron chi connectivity index (χ2n) is 8.29. The summed E-state index contributed by atoms with van der Waals surface area (Å²) in [6.07, 6.45) is 6.47. The number of likely N-dealkylation sites (tertiary alicyclic amines) is 1. The molecule has 10 nitrogen and oxygen atoms in total. The third-order valence-electron chi connectivity index (χ3n) is 5.33. The first-order valence-electron chi connectivity index (χ1n) is 11.1. The summed E-state index contributed by atoms with van der Waals surface area (Å²) in [5, 5.41) is 5.01. The van der Waals surface area contributed by atoms with E-state index in [1.54, 1.807) is 17.4 Å². The maximum absolute atomic E-state index is 12.1. The Hall–Kier alpha value is -2.16. The molecule has 1 saturated heterocycles. The highest BCUT2D eigenvalue weighted by Gasteiger charge is 2.27. The molecule has 4 rings (SSSR count). The van der Waals surface area contributed by atoms with Gasteiger partial charge >= 0.3 is 6.09 Å². The number of carbonyl (C=O) groups excluding carboxylic acids is 1. The van der Waals surface area contributed by atoms with Gasteiger partial charge in [-0.25, -0.2) is 27.9 Å². The van der Waals surface area contributed by atoms with Crippen LogP contribution in [0.4, 0.5) is 4.79 Å². The zero-order valence-electron chi connectivity index (χ0n) is 20.3. The molecular weight excluding hydrogens is 543 g/mol. The second-order valence-corrected chi connectivity index (χ2v) is 11.3. The summed E-state index contributed by atoms with van der Waals surface area (Å²) in [6, 6.07) is 2.91. The number of thiol groups is 3. The Morgan fingerprint density at radius 2 is 1.72 bits per heavy atom. The van der Waals surface area contributed by atoms with Crippen molar-refractivity contribution in [2.75, 3.05) is 25.6 Å². The Morgan fingerprint density at radius 3 is 2.28 bits per heavy atom. The number of carbonyl (C=O) groups is 1. The van der Waals surface area contributed by atoms with Crippen molar-refractivity contribution in [3.05, 3.63) is 24.7 Å². The Kier molecular flexibility index (Phi) is 9.41. The first-order chi connectivity index (χ1) is 17.0. The molecule has 36 heavy (non-hydrogen) atoms. The van der Waals surface area contributed by atoms with E-state index in [0.717, 1.165) is 6.26 Å². The molecule has 0 unspecified atom stereocenters. The molecule has 1 amide bonds. The lowest BCUT2D eigenvalue weighted by Gasteiger charge is -2.31. The highest BCUT2D eigenvalue weighted by molar-refractivity contribution is 7.90. The summed E-state index contributed by atoms with van der Waals surface area (Å²) >= 11 is 12.5. The number of fused-ring (bicyclic) bond motifs is 1. The van der Waals surface area contributed by atoms with Gasteiger partial charge in [0.15, 0.2) is 15.5 Å². The Bertz CT molecular complexity index is 1310. The van der Waals surface area contributed by atoms with Crippen molar-refractivity contribution in [3.63, 3.8) is 0 Å². The molecule has 3 heterocycles. The normalized spacial score (nSPS) is 14.5. The third kappa shape index (κ3) is 6.39. The molecule has 1 fully saturated rings. The minimum Gasteiger partial charge on any atom is -0.474 e. The zero-order chi connectivity index (χ0) is 26.6. The number of sulfone groups is 1. The van der Waals surface area contributed by atoms with Gasteiger partial charge in [-0.3, -0.25) is 0 Å². The monoisotopic (exact) mass is 571 g/mol. The van der Waals surface area contributed by atoms with Crippen molar-refractivity contribution >= 4 is 64.9 Å². The molecule has 196 valence electrons. The number of hydrogen-bond acceptors (Lipinski definition) is 11. The van der Waals surface area contributed by atoms with Crippen molar-refractivity contribution in [1.29, 1.82) is 0 Å². The van der Waals surface area contributed by atoms with Crippen LogP contribution in [-0.4, -0.2) is 77.0 Å². The first kappa shape index (κ1) is 28.4. The van der Waals surface area contributed by atoms with Gasteiger partial charge in [-0.05, 0) is 32.2 Å². The molecule has 0 spiro atoms. The lowest BCUT2D eigenvalue weighted by Crippen LogP contribution is -2.42. The molecule has 3 aromatic rings. The van der Waals surface area contributed by atoms with Gasteiger partial charge in [0.1, 0.15) is 17.8 Å². The molecule has 1 aromatic carbocycles. The topological polar surface area (TPSA) is 117 Å². The van der Waals surface area contributed by atoms with Crippen LogP contribution in [0.25, 0.3) is 16.7 Å². The summed E-state index contributed by atoms with van der Waals surface area (Å²) in [6.45, 7) is 4.70. The minimum atomic E-state index is -3.42. The van der Waals surface area contributed by atoms with Gasteiger partial charge in [0, 0.05) is 42.0 Å². The molecule has 0 N–H and O–H groups in total. The standard InChI is InChI=1S/C21H25N5O5S3.CH4S/c1-12(2)30-21(27)25-6-4-13(5-7-25)31-20-15-10-24-26(19(15)22-11-23-20)18-16(32)8-14(9-17(18)33)34(3,28)29;1-2/h8-13,32-33H,4-7H2,1-3H3;2H,1H3. The SMILES string of the molecule is CC(C)OC(=O)N1CCC(Oc2ncnc3c2cnn3-c2c(S)cc(S(C)(=O)=O)cc2S)CC1.CS. The zero-order valence-corrected chi connectivity index (χ0v) is 23.8. The second kappa shape index (κ2) is 11.9. The quantitative estimate of drug-likeness (QED) is 0.397. The summed E-state index contributed by atoms with van der Waals surface area (Å²) in [4.78, 5) is 23.3. The van der Waals surface area contributed by atoms with E-state index < -0.39 is 9.84 Å². The Morgan fingerprint density at radius 1 is 1.11 bits per heavy atom. The maximum Gasteiger partial charge on any atom is 0.410 e. The number of benzene rings is 1. The number of piperidine rings is 1. The van der Waals surface area contributed by atoms with Crippen LogP contribution in [0.3, 0.4) is 0 Å². The largest absolute Gasteiger partial charge is 0.474 e. The highest BCUT2D eigenvalue weighted by Crippen LogP contribution is 2.33. The number of nitrogens with zero attached hydrogens (tertiary/aromatic N) is 5. The number of amides is 1. The lowest BCUT2D eigenvalue weighted by atomic mass is 10.1. The average molecular weight is 572 g/mol. The predicted molar refractivity (Wildman–Crippen MR) is 146 cm³/mol. The van der Waals surface area contributed by atoms with E-state index in [0.29, 0.717) is 58.3 Å². The van der Waals surface area contributed by atoms with Crippen molar-refractivity contribution in [2.24, 2.45) is 0 Å². The van der Waals surface area contributed by atoms with Crippen molar-refractivity contribution in [2.45, 2.75) is 53.6 Å². The number of ether oxygens (including phenoxy) is 2. The van der Waals surface area contributed by atoms with E-state index in [1.165, 1.54) is 23.1 Å². The van der Waals surface area contributed by atoms with E-state index in [1.807, 2.05) is 13.8 Å². The summed E-state index contributed by atoms with van der Waals surface area (Å²) in [7, 11) is -3.42. The smallest absolute Gasteiger partial charge is 0.410 e. The van der Waals surface area contributed by atoms with Crippen LogP contribution in [0.5, 0.6) is 5.88 Å². The van der Waals surface area contributed by atoms with Crippen molar-refractivity contribution in [1.82, 2.24) is 24.6 Å². The molecule has 0 saturated carbocycles. The predicted octanol–water partition coefficient (Wildman–Crippen LogP) is 3.73. The van der Waals surface area contributed by atoms with Crippen LogP contribution in [0.15, 0.2) is 39.3 Å². The van der Waals surface area contributed by atoms with Crippen LogP contribution in [0, 0.1) is 0 Å².